The fourth-order valence-corrected chi connectivity index (χ4v) is 3.11. The van der Waals surface area contributed by atoms with Gasteiger partial charge in [0.1, 0.15) is 6.54 Å². The number of aliphatic carboxylic acids is 1. The zero-order chi connectivity index (χ0) is 18.9. The maximum absolute atomic E-state index is 12.4. The van der Waals surface area contributed by atoms with Crippen LogP contribution in [0.2, 0.25) is 0 Å². The van der Waals surface area contributed by atoms with Crippen molar-refractivity contribution in [3.8, 4) is 0 Å². The minimum absolute atomic E-state index is 0.0437. The first-order chi connectivity index (χ1) is 12.5. The standard InChI is InChI=1S/C19H27N3O4/c1-2-10-22(15-19(25)26)18(24)9-8-17(23)21-13-11-20(12-14-21)16-6-4-3-5-7-16/h3-7H,2,8-15H2,1H3,(H,25,26). The highest BCUT2D eigenvalue weighted by atomic mass is 16.4. The van der Waals surface area contributed by atoms with Gasteiger partial charge in [-0.05, 0) is 18.6 Å². The number of rotatable bonds is 8. The van der Waals surface area contributed by atoms with Gasteiger partial charge in [0.2, 0.25) is 11.8 Å². The van der Waals surface area contributed by atoms with Gasteiger partial charge in [-0.25, -0.2) is 0 Å². The topological polar surface area (TPSA) is 81.2 Å². The minimum Gasteiger partial charge on any atom is -0.480 e. The molecule has 1 fully saturated rings. The van der Waals surface area contributed by atoms with Crippen LogP contribution in [-0.2, 0) is 14.4 Å². The number of carbonyl (C=O) groups excluding carboxylic acids is 2. The molecule has 1 aromatic rings. The van der Waals surface area contributed by atoms with Crippen LogP contribution >= 0.6 is 0 Å². The lowest BCUT2D eigenvalue weighted by Crippen LogP contribution is -2.49. The Morgan fingerprint density at radius 1 is 1.04 bits per heavy atom. The Kier molecular flexibility index (Phi) is 7.44. The monoisotopic (exact) mass is 361 g/mol. The summed E-state index contributed by atoms with van der Waals surface area (Å²) in [6.45, 7) is 4.78. The Labute approximate surface area is 154 Å². The fourth-order valence-electron chi connectivity index (χ4n) is 3.11. The first-order valence-electron chi connectivity index (χ1n) is 9.08. The molecule has 26 heavy (non-hydrogen) atoms. The average molecular weight is 361 g/mol. The number of amides is 2. The first-order valence-corrected chi connectivity index (χ1v) is 9.08. The summed E-state index contributed by atoms with van der Waals surface area (Å²) < 4.78 is 0. The number of carboxylic acid groups (broad SMARTS) is 1. The number of nitrogens with zero attached hydrogens (tertiary/aromatic N) is 3. The van der Waals surface area contributed by atoms with E-state index in [4.69, 9.17) is 5.11 Å². The largest absolute Gasteiger partial charge is 0.480 e. The van der Waals surface area contributed by atoms with E-state index < -0.39 is 5.97 Å². The zero-order valence-corrected chi connectivity index (χ0v) is 15.3. The van der Waals surface area contributed by atoms with Gasteiger partial charge in [-0.1, -0.05) is 25.1 Å². The Morgan fingerprint density at radius 2 is 1.69 bits per heavy atom. The van der Waals surface area contributed by atoms with Crippen LogP contribution in [0.1, 0.15) is 26.2 Å². The Morgan fingerprint density at radius 3 is 2.27 bits per heavy atom. The minimum atomic E-state index is -1.03. The SMILES string of the molecule is CCCN(CC(=O)O)C(=O)CCC(=O)N1CCN(c2ccccc2)CC1. The highest BCUT2D eigenvalue weighted by Gasteiger charge is 2.23. The Bertz CT molecular complexity index is 612. The molecule has 0 atom stereocenters. The van der Waals surface area contributed by atoms with Crippen LogP contribution in [0.15, 0.2) is 30.3 Å². The number of anilines is 1. The molecule has 2 rings (SSSR count). The summed E-state index contributed by atoms with van der Waals surface area (Å²) in [6, 6.07) is 10.1. The molecule has 1 aliphatic rings. The molecule has 1 heterocycles. The smallest absolute Gasteiger partial charge is 0.323 e. The predicted molar refractivity (Wildman–Crippen MR) is 99.0 cm³/mol. The van der Waals surface area contributed by atoms with Crippen molar-refractivity contribution < 1.29 is 19.5 Å². The summed E-state index contributed by atoms with van der Waals surface area (Å²) in [5.41, 5.74) is 1.15. The van der Waals surface area contributed by atoms with Crippen molar-refractivity contribution >= 4 is 23.5 Å². The second-order valence-electron chi connectivity index (χ2n) is 6.41. The van der Waals surface area contributed by atoms with Crippen LogP contribution in [0.4, 0.5) is 5.69 Å². The van der Waals surface area contributed by atoms with E-state index in [2.05, 4.69) is 17.0 Å². The maximum Gasteiger partial charge on any atom is 0.323 e. The molecule has 1 N–H and O–H groups in total. The Hall–Kier alpha value is -2.57. The molecule has 1 saturated heterocycles. The van der Waals surface area contributed by atoms with E-state index in [-0.39, 0.29) is 31.2 Å². The van der Waals surface area contributed by atoms with Gasteiger partial charge in [-0.15, -0.1) is 0 Å². The highest BCUT2D eigenvalue weighted by molar-refractivity contribution is 5.86. The van der Waals surface area contributed by atoms with Gasteiger partial charge in [0, 0.05) is 51.3 Å². The Balaban J connectivity index is 1.78. The van der Waals surface area contributed by atoms with Crippen molar-refractivity contribution in [3.05, 3.63) is 30.3 Å². The summed E-state index contributed by atoms with van der Waals surface area (Å²) >= 11 is 0. The van der Waals surface area contributed by atoms with Crippen molar-refractivity contribution in [2.45, 2.75) is 26.2 Å². The van der Waals surface area contributed by atoms with Crippen LogP contribution in [-0.4, -0.2) is 72.0 Å². The van der Waals surface area contributed by atoms with Crippen LogP contribution < -0.4 is 4.90 Å². The van der Waals surface area contributed by atoms with E-state index in [9.17, 15) is 14.4 Å². The van der Waals surface area contributed by atoms with Gasteiger partial charge in [0.05, 0.1) is 0 Å². The lowest BCUT2D eigenvalue weighted by molar-refractivity contribution is -0.145. The molecule has 7 heteroatoms. The number of carbonyl (C=O) groups is 3. The highest BCUT2D eigenvalue weighted by Crippen LogP contribution is 2.16. The molecular weight excluding hydrogens is 334 g/mol. The summed E-state index contributed by atoms with van der Waals surface area (Å²) in [5, 5.41) is 8.89. The van der Waals surface area contributed by atoms with E-state index in [0.29, 0.717) is 26.1 Å². The lowest BCUT2D eigenvalue weighted by Gasteiger charge is -2.36. The number of hydrogen-bond donors (Lipinski definition) is 1. The third-order valence-electron chi connectivity index (χ3n) is 4.48. The number of piperazine rings is 1. The van der Waals surface area contributed by atoms with Crippen LogP contribution in [0, 0.1) is 0 Å². The number of carboxylic acids is 1. The molecule has 142 valence electrons. The van der Waals surface area contributed by atoms with Gasteiger partial charge >= 0.3 is 5.97 Å². The van der Waals surface area contributed by atoms with E-state index >= 15 is 0 Å². The van der Waals surface area contributed by atoms with Crippen LogP contribution in [0.5, 0.6) is 0 Å². The summed E-state index contributed by atoms with van der Waals surface area (Å²) in [7, 11) is 0. The molecule has 2 amide bonds. The third-order valence-corrected chi connectivity index (χ3v) is 4.48. The summed E-state index contributed by atoms with van der Waals surface area (Å²) in [4.78, 5) is 40.7. The molecule has 0 aromatic heterocycles. The van der Waals surface area contributed by atoms with Crippen molar-refractivity contribution in [2.24, 2.45) is 0 Å². The van der Waals surface area contributed by atoms with Crippen LogP contribution in [0.25, 0.3) is 0 Å². The quantitative estimate of drug-likeness (QED) is 0.758. The van der Waals surface area contributed by atoms with Crippen molar-refractivity contribution in [2.75, 3.05) is 44.2 Å². The van der Waals surface area contributed by atoms with Gasteiger partial charge < -0.3 is 19.8 Å². The van der Waals surface area contributed by atoms with Crippen LogP contribution in [0.3, 0.4) is 0 Å². The van der Waals surface area contributed by atoms with E-state index in [1.807, 2.05) is 25.1 Å². The first kappa shape index (κ1) is 19.8. The molecule has 0 saturated carbocycles. The molecule has 1 aliphatic heterocycles. The zero-order valence-electron chi connectivity index (χ0n) is 15.3. The number of hydrogen-bond acceptors (Lipinski definition) is 4. The maximum atomic E-state index is 12.4. The average Bonchev–Trinajstić information content (AvgIpc) is 2.66. The molecule has 1 aromatic carbocycles. The molecular formula is C19H27N3O4. The fraction of sp³-hybridized carbons (Fsp3) is 0.526. The predicted octanol–water partition coefficient (Wildman–Crippen LogP) is 1.44. The van der Waals surface area contributed by atoms with Crippen molar-refractivity contribution in [1.82, 2.24) is 9.80 Å². The van der Waals surface area contributed by atoms with E-state index in [1.165, 1.54) is 4.90 Å². The molecule has 7 nitrogen and oxygen atoms in total. The molecule has 0 radical (unpaired) electrons. The van der Waals surface area contributed by atoms with Gasteiger partial charge in [0.15, 0.2) is 0 Å². The molecule has 0 spiro atoms. The summed E-state index contributed by atoms with van der Waals surface area (Å²) in [6.07, 6.45) is 0.878. The molecule has 0 aliphatic carbocycles. The molecule has 0 bridgehead atoms. The van der Waals surface area contributed by atoms with Gasteiger partial charge in [0.25, 0.3) is 0 Å². The van der Waals surface area contributed by atoms with E-state index in [1.54, 1.807) is 4.90 Å². The lowest BCUT2D eigenvalue weighted by atomic mass is 10.2. The molecule has 0 unspecified atom stereocenters. The van der Waals surface area contributed by atoms with Gasteiger partial charge in [-0.3, -0.25) is 14.4 Å². The van der Waals surface area contributed by atoms with E-state index in [0.717, 1.165) is 18.8 Å². The second kappa shape index (κ2) is 9.79. The number of para-hydroxylation sites is 1. The van der Waals surface area contributed by atoms with Crippen molar-refractivity contribution in [3.63, 3.8) is 0 Å². The number of benzene rings is 1. The van der Waals surface area contributed by atoms with Crippen molar-refractivity contribution in [1.29, 1.82) is 0 Å². The third kappa shape index (κ3) is 5.75. The normalized spacial score (nSPS) is 14.2. The second-order valence-corrected chi connectivity index (χ2v) is 6.41. The van der Waals surface area contributed by atoms with Gasteiger partial charge in [-0.2, -0.15) is 0 Å². The summed E-state index contributed by atoms with van der Waals surface area (Å²) in [5.74, 6) is -1.35.